The van der Waals surface area contributed by atoms with Crippen molar-refractivity contribution in [2.75, 3.05) is 13.1 Å². The van der Waals surface area contributed by atoms with Gasteiger partial charge in [0.2, 0.25) is 0 Å². The van der Waals surface area contributed by atoms with E-state index in [0.717, 1.165) is 28.7 Å². The molecule has 0 aromatic heterocycles. The zero-order valence-electron chi connectivity index (χ0n) is 11.6. The Hall–Kier alpha value is -0.240. The Bertz CT molecular complexity index is 377. The molecule has 0 bridgehead atoms. The van der Waals surface area contributed by atoms with E-state index in [0.29, 0.717) is 17.8 Å². The van der Waals surface area contributed by atoms with Crippen LogP contribution in [0.1, 0.15) is 39.2 Å². The molecule has 0 fully saturated rings. The Morgan fingerprint density at radius 3 is 2.33 bits per heavy atom. The Morgan fingerprint density at radius 2 is 1.72 bits per heavy atom. The van der Waals surface area contributed by atoms with Crippen LogP contribution in [0.25, 0.3) is 0 Å². The highest BCUT2D eigenvalue weighted by molar-refractivity contribution is 6.33. The maximum atomic E-state index is 6.24. The van der Waals surface area contributed by atoms with Crippen molar-refractivity contribution >= 4 is 23.2 Å². The molecule has 0 saturated carbocycles. The monoisotopic (exact) mass is 287 g/mol. The minimum absolute atomic E-state index is 0.399. The third-order valence-electron chi connectivity index (χ3n) is 3.32. The zero-order chi connectivity index (χ0) is 13.7. The SMILES string of the molecule is CC(C)CNCC(C)C(C)c1cc(Cl)ccc1Cl. The summed E-state index contributed by atoms with van der Waals surface area (Å²) in [4.78, 5) is 0. The number of halogens is 2. The molecule has 1 aromatic rings. The predicted molar refractivity (Wildman–Crippen MR) is 81.7 cm³/mol. The highest BCUT2D eigenvalue weighted by atomic mass is 35.5. The molecule has 0 radical (unpaired) electrons. The summed E-state index contributed by atoms with van der Waals surface area (Å²) in [5.41, 5.74) is 1.14. The van der Waals surface area contributed by atoms with Gasteiger partial charge >= 0.3 is 0 Å². The van der Waals surface area contributed by atoms with Crippen molar-refractivity contribution in [2.45, 2.75) is 33.6 Å². The summed E-state index contributed by atoms with van der Waals surface area (Å²) in [6.45, 7) is 10.9. The lowest BCUT2D eigenvalue weighted by Crippen LogP contribution is -2.27. The van der Waals surface area contributed by atoms with E-state index in [9.17, 15) is 0 Å². The fraction of sp³-hybridized carbons (Fsp3) is 0.600. The quantitative estimate of drug-likeness (QED) is 0.778. The van der Waals surface area contributed by atoms with Gasteiger partial charge in [-0.15, -0.1) is 0 Å². The molecule has 0 aliphatic carbocycles. The van der Waals surface area contributed by atoms with Crippen LogP contribution in [-0.4, -0.2) is 13.1 Å². The topological polar surface area (TPSA) is 12.0 Å². The second-order valence-corrected chi connectivity index (χ2v) is 6.33. The largest absolute Gasteiger partial charge is 0.316 e. The van der Waals surface area contributed by atoms with Crippen molar-refractivity contribution in [3.8, 4) is 0 Å². The molecule has 0 heterocycles. The van der Waals surface area contributed by atoms with Gasteiger partial charge in [0.25, 0.3) is 0 Å². The molecule has 1 N–H and O–H groups in total. The molecule has 3 heteroatoms. The molecule has 0 saturated heterocycles. The standard InChI is InChI=1S/C15H23Cl2N/c1-10(2)8-18-9-11(3)12(4)14-7-13(16)5-6-15(14)17/h5-7,10-12,18H,8-9H2,1-4H3. The van der Waals surface area contributed by atoms with Crippen LogP contribution in [0, 0.1) is 11.8 Å². The van der Waals surface area contributed by atoms with Gasteiger partial charge in [0, 0.05) is 10.0 Å². The second kappa shape index (κ2) is 7.37. The van der Waals surface area contributed by atoms with E-state index in [4.69, 9.17) is 23.2 Å². The van der Waals surface area contributed by atoms with Crippen LogP contribution < -0.4 is 5.32 Å². The van der Waals surface area contributed by atoms with Crippen LogP contribution in [0.5, 0.6) is 0 Å². The Morgan fingerprint density at radius 1 is 1.06 bits per heavy atom. The number of hydrogen-bond donors (Lipinski definition) is 1. The van der Waals surface area contributed by atoms with Gasteiger partial charge in [-0.3, -0.25) is 0 Å². The smallest absolute Gasteiger partial charge is 0.0441 e. The van der Waals surface area contributed by atoms with E-state index < -0.39 is 0 Å². The Balaban J connectivity index is 2.62. The highest BCUT2D eigenvalue weighted by Crippen LogP contribution is 2.31. The van der Waals surface area contributed by atoms with Gasteiger partial charge in [0.1, 0.15) is 0 Å². The van der Waals surface area contributed by atoms with Crippen LogP contribution in [-0.2, 0) is 0 Å². The molecule has 0 aliphatic heterocycles. The number of nitrogens with one attached hydrogen (secondary N) is 1. The van der Waals surface area contributed by atoms with Gasteiger partial charge < -0.3 is 5.32 Å². The van der Waals surface area contributed by atoms with Gasteiger partial charge in [-0.05, 0) is 54.6 Å². The van der Waals surface area contributed by atoms with E-state index in [1.807, 2.05) is 18.2 Å². The van der Waals surface area contributed by atoms with Crippen LogP contribution in [0.4, 0.5) is 0 Å². The average molecular weight is 288 g/mol. The summed E-state index contributed by atoms with van der Waals surface area (Å²) >= 11 is 12.3. The summed E-state index contributed by atoms with van der Waals surface area (Å²) in [5, 5.41) is 5.05. The summed E-state index contributed by atoms with van der Waals surface area (Å²) < 4.78 is 0. The van der Waals surface area contributed by atoms with Crippen LogP contribution in [0.2, 0.25) is 10.0 Å². The number of rotatable bonds is 6. The Kier molecular flexibility index (Phi) is 6.48. The van der Waals surface area contributed by atoms with Crippen LogP contribution in [0.15, 0.2) is 18.2 Å². The second-order valence-electron chi connectivity index (χ2n) is 5.48. The molecule has 18 heavy (non-hydrogen) atoms. The molecule has 2 unspecified atom stereocenters. The van der Waals surface area contributed by atoms with Gasteiger partial charge in [-0.2, -0.15) is 0 Å². The molecule has 102 valence electrons. The van der Waals surface area contributed by atoms with Crippen molar-refractivity contribution in [1.82, 2.24) is 5.32 Å². The van der Waals surface area contributed by atoms with Gasteiger partial charge in [-0.1, -0.05) is 50.9 Å². The van der Waals surface area contributed by atoms with E-state index in [2.05, 4.69) is 33.0 Å². The molecule has 0 spiro atoms. The molecule has 1 aromatic carbocycles. The summed E-state index contributed by atoms with van der Waals surface area (Å²) in [6, 6.07) is 5.69. The van der Waals surface area contributed by atoms with Crippen molar-refractivity contribution < 1.29 is 0 Å². The minimum Gasteiger partial charge on any atom is -0.316 e. The lowest BCUT2D eigenvalue weighted by molar-refractivity contribution is 0.428. The van der Waals surface area contributed by atoms with E-state index in [-0.39, 0.29) is 0 Å². The van der Waals surface area contributed by atoms with Gasteiger partial charge in [0.05, 0.1) is 0 Å². The average Bonchev–Trinajstić information content (AvgIpc) is 2.30. The lowest BCUT2D eigenvalue weighted by Gasteiger charge is -2.22. The molecular weight excluding hydrogens is 265 g/mol. The van der Waals surface area contributed by atoms with Gasteiger partial charge in [0.15, 0.2) is 0 Å². The predicted octanol–water partition coefficient (Wildman–Crippen LogP) is 4.98. The number of hydrogen-bond acceptors (Lipinski definition) is 1. The molecule has 1 rings (SSSR count). The van der Waals surface area contributed by atoms with Crippen LogP contribution >= 0.6 is 23.2 Å². The maximum Gasteiger partial charge on any atom is 0.0441 e. The van der Waals surface area contributed by atoms with Crippen molar-refractivity contribution in [3.05, 3.63) is 33.8 Å². The fourth-order valence-electron chi connectivity index (χ4n) is 1.95. The van der Waals surface area contributed by atoms with E-state index >= 15 is 0 Å². The first-order valence-electron chi connectivity index (χ1n) is 6.57. The summed E-state index contributed by atoms with van der Waals surface area (Å²) in [6.07, 6.45) is 0. The van der Waals surface area contributed by atoms with E-state index in [1.54, 1.807) is 0 Å². The minimum atomic E-state index is 0.399. The molecule has 2 atom stereocenters. The molecule has 0 amide bonds. The maximum absolute atomic E-state index is 6.24. The van der Waals surface area contributed by atoms with Crippen molar-refractivity contribution in [2.24, 2.45) is 11.8 Å². The molecule has 0 aliphatic rings. The first-order chi connectivity index (χ1) is 8.41. The van der Waals surface area contributed by atoms with E-state index in [1.165, 1.54) is 0 Å². The molecular formula is C15H23Cl2N. The first-order valence-corrected chi connectivity index (χ1v) is 7.33. The highest BCUT2D eigenvalue weighted by Gasteiger charge is 2.17. The first kappa shape index (κ1) is 15.8. The summed E-state index contributed by atoms with van der Waals surface area (Å²) in [7, 11) is 0. The van der Waals surface area contributed by atoms with Crippen molar-refractivity contribution in [3.63, 3.8) is 0 Å². The molecule has 1 nitrogen and oxygen atoms in total. The summed E-state index contributed by atoms with van der Waals surface area (Å²) in [5.74, 6) is 1.61. The van der Waals surface area contributed by atoms with Crippen molar-refractivity contribution in [1.29, 1.82) is 0 Å². The zero-order valence-corrected chi connectivity index (χ0v) is 13.1. The normalized spacial score (nSPS) is 14.8. The third kappa shape index (κ3) is 4.79. The lowest BCUT2D eigenvalue weighted by atomic mass is 9.89. The van der Waals surface area contributed by atoms with Gasteiger partial charge in [-0.25, -0.2) is 0 Å². The third-order valence-corrected chi connectivity index (χ3v) is 3.90. The fourth-order valence-corrected chi connectivity index (χ4v) is 2.42. The Labute approximate surface area is 121 Å². The van der Waals surface area contributed by atoms with Crippen LogP contribution in [0.3, 0.4) is 0 Å². The number of benzene rings is 1.